The summed E-state index contributed by atoms with van der Waals surface area (Å²) < 4.78 is 0. The second-order valence-corrected chi connectivity index (χ2v) is 7.15. The second kappa shape index (κ2) is 11.8. The minimum absolute atomic E-state index is 0. The Labute approximate surface area is 169 Å². The zero-order valence-electron chi connectivity index (χ0n) is 15.6. The van der Waals surface area contributed by atoms with Crippen molar-refractivity contribution in [3.8, 4) is 0 Å². The van der Waals surface area contributed by atoms with Crippen molar-refractivity contribution in [2.45, 2.75) is 50.6 Å². The van der Waals surface area contributed by atoms with Crippen LogP contribution >= 0.6 is 24.8 Å². The van der Waals surface area contributed by atoms with Gasteiger partial charge in [-0.15, -0.1) is 24.8 Å². The number of aromatic nitrogens is 1. The summed E-state index contributed by atoms with van der Waals surface area (Å²) in [6, 6.07) is 6.91. The van der Waals surface area contributed by atoms with Crippen LogP contribution in [0, 0.1) is 0 Å². The van der Waals surface area contributed by atoms with E-state index in [-0.39, 0.29) is 24.8 Å². The van der Waals surface area contributed by atoms with Gasteiger partial charge in [0.25, 0.3) is 0 Å². The van der Waals surface area contributed by atoms with Gasteiger partial charge < -0.3 is 15.1 Å². The lowest BCUT2D eigenvalue weighted by Crippen LogP contribution is -2.47. The van der Waals surface area contributed by atoms with Gasteiger partial charge in [0.05, 0.1) is 0 Å². The Morgan fingerprint density at radius 1 is 1.27 bits per heavy atom. The quantitative estimate of drug-likeness (QED) is 0.793. The molecule has 3 rings (SSSR count). The van der Waals surface area contributed by atoms with Crippen molar-refractivity contribution in [1.29, 1.82) is 0 Å². The first-order valence-corrected chi connectivity index (χ1v) is 9.33. The number of carbonyl (C=O) groups is 1. The maximum absolute atomic E-state index is 12.5. The van der Waals surface area contributed by atoms with Crippen LogP contribution in [0.1, 0.15) is 37.8 Å². The molecule has 1 amide bonds. The first-order chi connectivity index (χ1) is 11.7. The third kappa shape index (κ3) is 6.69. The number of nitrogens with zero attached hydrogens (tertiary/aromatic N) is 3. The minimum atomic E-state index is 0. The molecule has 1 atom stereocenters. The normalized spacial score (nSPS) is 20.9. The van der Waals surface area contributed by atoms with Crippen molar-refractivity contribution in [1.82, 2.24) is 20.1 Å². The molecule has 1 N–H and O–H groups in total. The minimum Gasteiger partial charge on any atom is -0.343 e. The predicted molar refractivity (Wildman–Crippen MR) is 110 cm³/mol. The van der Waals surface area contributed by atoms with E-state index < -0.39 is 0 Å². The van der Waals surface area contributed by atoms with E-state index in [2.05, 4.69) is 21.3 Å². The molecule has 2 aliphatic heterocycles. The van der Waals surface area contributed by atoms with Crippen LogP contribution in [0.5, 0.6) is 0 Å². The maximum Gasteiger partial charge on any atom is 0.224 e. The van der Waals surface area contributed by atoms with Crippen LogP contribution < -0.4 is 5.32 Å². The zero-order valence-corrected chi connectivity index (χ0v) is 17.2. The maximum atomic E-state index is 12.5. The Bertz CT molecular complexity index is 518. The molecule has 0 saturated carbocycles. The van der Waals surface area contributed by atoms with Crippen LogP contribution in [0.4, 0.5) is 0 Å². The molecule has 0 radical (unpaired) electrons. The van der Waals surface area contributed by atoms with Crippen LogP contribution in [-0.4, -0.2) is 66.0 Å². The highest BCUT2D eigenvalue weighted by Gasteiger charge is 2.27. The molecule has 1 aromatic rings. The fraction of sp³-hybridized carbons (Fsp3) is 0.684. The Hall–Kier alpha value is -0.880. The second-order valence-electron chi connectivity index (χ2n) is 7.15. The molecule has 7 heteroatoms. The van der Waals surface area contributed by atoms with E-state index in [9.17, 15) is 4.79 Å². The van der Waals surface area contributed by atoms with Crippen molar-refractivity contribution < 1.29 is 4.79 Å². The van der Waals surface area contributed by atoms with Crippen LogP contribution in [0.25, 0.3) is 0 Å². The third-order valence-electron chi connectivity index (χ3n) is 5.49. The van der Waals surface area contributed by atoms with Gasteiger partial charge in [0.2, 0.25) is 5.91 Å². The number of pyridine rings is 1. The van der Waals surface area contributed by atoms with E-state index in [1.807, 2.05) is 30.3 Å². The number of nitrogens with one attached hydrogen (secondary N) is 1. The number of rotatable bonds is 6. The van der Waals surface area contributed by atoms with Gasteiger partial charge in [0.15, 0.2) is 0 Å². The molecule has 2 fully saturated rings. The summed E-state index contributed by atoms with van der Waals surface area (Å²) in [7, 11) is 1.99. The Morgan fingerprint density at radius 2 is 2.04 bits per heavy atom. The van der Waals surface area contributed by atoms with E-state index in [0.717, 1.165) is 57.6 Å². The highest BCUT2D eigenvalue weighted by atomic mass is 35.5. The Morgan fingerprint density at radius 3 is 2.65 bits per heavy atom. The number of likely N-dealkylation sites (tertiary alicyclic amines) is 1. The smallest absolute Gasteiger partial charge is 0.224 e. The number of piperidine rings is 1. The van der Waals surface area contributed by atoms with Crippen molar-refractivity contribution in [3.05, 3.63) is 30.1 Å². The standard InChI is InChI=1S/C19H30N4O.2ClH/c1-22(19(24)15-17-6-4-11-21-17)18-8-13-23(14-9-18)12-7-16-5-2-3-10-20-16;;/h2-3,5,10,17-18,21H,4,6-9,11-15H2,1H3;2*1H. The first kappa shape index (κ1) is 23.2. The van der Waals surface area contributed by atoms with Crippen LogP contribution in [-0.2, 0) is 11.2 Å². The molecule has 0 aliphatic carbocycles. The molecule has 2 aliphatic rings. The highest BCUT2D eigenvalue weighted by molar-refractivity contribution is 5.85. The van der Waals surface area contributed by atoms with Crippen LogP contribution in [0.2, 0.25) is 0 Å². The summed E-state index contributed by atoms with van der Waals surface area (Å²) in [5.74, 6) is 0.307. The Balaban J connectivity index is 0.00000169. The van der Waals surface area contributed by atoms with E-state index in [1.165, 1.54) is 6.42 Å². The summed E-state index contributed by atoms with van der Waals surface area (Å²) >= 11 is 0. The summed E-state index contributed by atoms with van der Waals surface area (Å²) in [5, 5.41) is 3.42. The first-order valence-electron chi connectivity index (χ1n) is 9.33. The number of hydrogen-bond donors (Lipinski definition) is 1. The third-order valence-corrected chi connectivity index (χ3v) is 5.49. The summed E-state index contributed by atoms with van der Waals surface area (Å²) in [4.78, 5) is 21.4. The molecular weight excluding hydrogens is 371 g/mol. The van der Waals surface area contributed by atoms with Gasteiger partial charge in [-0.05, 0) is 44.4 Å². The van der Waals surface area contributed by atoms with Gasteiger partial charge in [0, 0.05) is 63.5 Å². The number of hydrogen-bond acceptors (Lipinski definition) is 4. The summed E-state index contributed by atoms with van der Waals surface area (Å²) in [5.41, 5.74) is 1.16. The Kier molecular flexibility index (Phi) is 10.5. The molecule has 1 aromatic heterocycles. The predicted octanol–water partition coefficient (Wildman–Crippen LogP) is 2.53. The average Bonchev–Trinajstić information content (AvgIpc) is 3.13. The van der Waals surface area contributed by atoms with E-state index in [1.54, 1.807) is 0 Å². The van der Waals surface area contributed by atoms with E-state index in [4.69, 9.17) is 0 Å². The van der Waals surface area contributed by atoms with Gasteiger partial charge in [-0.25, -0.2) is 0 Å². The lowest BCUT2D eigenvalue weighted by molar-refractivity contribution is -0.133. The van der Waals surface area contributed by atoms with Crippen LogP contribution in [0.15, 0.2) is 24.4 Å². The lowest BCUT2D eigenvalue weighted by atomic mass is 10.0. The SMILES string of the molecule is CN(C(=O)CC1CCCN1)C1CCN(CCc2ccccn2)CC1.Cl.Cl. The summed E-state index contributed by atoms with van der Waals surface area (Å²) in [6.07, 6.45) is 8.05. The van der Waals surface area contributed by atoms with Gasteiger partial charge in [-0.1, -0.05) is 6.07 Å². The van der Waals surface area contributed by atoms with E-state index in [0.29, 0.717) is 24.4 Å². The molecule has 3 heterocycles. The lowest BCUT2D eigenvalue weighted by Gasteiger charge is -2.37. The highest BCUT2D eigenvalue weighted by Crippen LogP contribution is 2.18. The molecule has 1 unspecified atom stereocenters. The number of amides is 1. The van der Waals surface area contributed by atoms with Crippen molar-refractivity contribution in [3.63, 3.8) is 0 Å². The molecule has 5 nitrogen and oxygen atoms in total. The molecule has 2 saturated heterocycles. The average molecular weight is 403 g/mol. The molecule has 0 bridgehead atoms. The molecule has 0 aromatic carbocycles. The zero-order chi connectivity index (χ0) is 16.8. The molecular formula is C19H32Cl2N4O. The molecule has 0 spiro atoms. The largest absolute Gasteiger partial charge is 0.343 e. The number of halogens is 2. The van der Waals surface area contributed by atoms with Crippen molar-refractivity contribution in [2.24, 2.45) is 0 Å². The van der Waals surface area contributed by atoms with Crippen LogP contribution in [0.3, 0.4) is 0 Å². The summed E-state index contributed by atoms with van der Waals surface area (Å²) in [6.45, 7) is 4.29. The van der Waals surface area contributed by atoms with Gasteiger partial charge in [0.1, 0.15) is 0 Å². The van der Waals surface area contributed by atoms with Crippen molar-refractivity contribution >= 4 is 30.7 Å². The van der Waals surface area contributed by atoms with Gasteiger partial charge in [-0.3, -0.25) is 9.78 Å². The fourth-order valence-electron chi connectivity index (χ4n) is 3.84. The number of carbonyl (C=O) groups excluding carboxylic acids is 1. The topological polar surface area (TPSA) is 48.5 Å². The molecule has 148 valence electrons. The van der Waals surface area contributed by atoms with Gasteiger partial charge >= 0.3 is 0 Å². The monoisotopic (exact) mass is 402 g/mol. The van der Waals surface area contributed by atoms with Crippen molar-refractivity contribution in [2.75, 3.05) is 33.2 Å². The van der Waals surface area contributed by atoms with E-state index >= 15 is 0 Å². The molecule has 26 heavy (non-hydrogen) atoms. The fourth-order valence-corrected chi connectivity index (χ4v) is 3.84. The van der Waals surface area contributed by atoms with Gasteiger partial charge in [-0.2, -0.15) is 0 Å².